The lowest BCUT2D eigenvalue weighted by atomic mass is 10.2. The molecule has 0 aliphatic carbocycles. The topological polar surface area (TPSA) is 58.2 Å². The maximum Gasteiger partial charge on any atom is 0.217 e. The summed E-state index contributed by atoms with van der Waals surface area (Å²) in [5, 5.41) is 5.45. The molecule has 0 aromatic heterocycles. The first-order valence-electron chi connectivity index (χ1n) is 9.14. The van der Waals surface area contributed by atoms with Gasteiger partial charge < -0.3 is 10.6 Å². The van der Waals surface area contributed by atoms with Crippen molar-refractivity contribution in [1.82, 2.24) is 10.6 Å². The van der Waals surface area contributed by atoms with Crippen molar-refractivity contribution in [3.05, 3.63) is 71.8 Å². The summed E-state index contributed by atoms with van der Waals surface area (Å²) in [5.41, 5.74) is 2.26. The molecule has 0 unspecified atom stereocenters. The van der Waals surface area contributed by atoms with Crippen molar-refractivity contribution in [1.29, 1.82) is 0 Å². The summed E-state index contributed by atoms with van der Waals surface area (Å²) in [6.07, 6.45) is 0. The first-order valence-corrected chi connectivity index (χ1v) is 9.14. The maximum absolute atomic E-state index is 10.5. The zero-order chi connectivity index (χ0) is 20.2. The smallest absolute Gasteiger partial charge is 0.217 e. The highest BCUT2D eigenvalue weighted by molar-refractivity contribution is 5.73. The SMILES string of the molecule is CC.CC.CC(=O)NCc1ccccc1.CC(=O)NCc1ccccc1. The van der Waals surface area contributed by atoms with E-state index in [0.29, 0.717) is 13.1 Å². The van der Waals surface area contributed by atoms with E-state index in [-0.39, 0.29) is 11.8 Å². The largest absolute Gasteiger partial charge is 0.352 e. The predicted octanol–water partition coefficient (Wildman–Crippen LogP) is 4.70. The third kappa shape index (κ3) is 16.2. The number of nitrogens with one attached hydrogen (secondary N) is 2. The molecule has 0 aliphatic rings. The Balaban J connectivity index is 0. The van der Waals surface area contributed by atoms with Gasteiger partial charge in [-0.3, -0.25) is 9.59 Å². The van der Waals surface area contributed by atoms with Gasteiger partial charge in [0.2, 0.25) is 11.8 Å². The van der Waals surface area contributed by atoms with Crippen molar-refractivity contribution >= 4 is 11.8 Å². The Morgan fingerprint density at radius 2 is 0.885 bits per heavy atom. The Labute approximate surface area is 159 Å². The fourth-order valence-electron chi connectivity index (χ4n) is 1.64. The van der Waals surface area contributed by atoms with E-state index in [2.05, 4.69) is 10.6 Å². The van der Waals surface area contributed by atoms with Crippen molar-refractivity contribution in [2.75, 3.05) is 0 Å². The molecule has 2 amide bonds. The minimum Gasteiger partial charge on any atom is -0.352 e. The highest BCUT2D eigenvalue weighted by atomic mass is 16.1. The van der Waals surface area contributed by atoms with Gasteiger partial charge in [-0.25, -0.2) is 0 Å². The Hall–Kier alpha value is -2.62. The lowest BCUT2D eigenvalue weighted by Crippen LogP contribution is -2.18. The molecule has 0 fully saturated rings. The van der Waals surface area contributed by atoms with Crippen LogP contribution in [0.25, 0.3) is 0 Å². The second kappa shape index (κ2) is 18.7. The van der Waals surface area contributed by atoms with Crippen LogP contribution in [0.1, 0.15) is 52.7 Å². The Morgan fingerprint density at radius 1 is 0.615 bits per heavy atom. The number of hydrogen-bond donors (Lipinski definition) is 2. The van der Waals surface area contributed by atoms with E-state index < -0.39 is 0 Å². The number of rotatable bonds is 4. The van der Waals surface area contributed by atoms with E-state index in [1.165, 1.54) is 13.8 Å². The van der Waals surface area contributed by atoms with Crippen LogP contribution in [0.15, 0.2) is 60.7 Å². The molecular weight excluding hydrogens is 324 g/mol. The van der Waals surface area contributed by atoms with E-state index in [0.717, 1.165) is 11.1 Å². The van der Waals surface area contributed by atoms with Gasteiger partial charge in [-0.2, -0.15) is 0 Å². The van der Waals surface area contributed by atoms with Crippen molar-refractivity contribution in [3.8, 4) is 0 Å². The minimum absolute atomic E-state index is 0.00820. The summed E-state index contributed by atoms with van der Waals surface area (Å²) in [5.74, 6) is 0.0164. The Morgan fingerprint density at radius 3 is 1.12 bits per heavy atom. The first kappa shape index (κ1) is 25.6. The molecule has 0 radical (unpaired) electrons. The van der Waals surface area contributed by atoms with Gasteiger partial charge in [-0.1, -0.05) is 88.4 Å². The lowest BCUT2D eigenvalue weighted by molar-refractivity contribution is -0.120. The number of hydrogen-bond acceptors (Lipinski definition) is 2. The second-order valence-corrected chi connectivity index (χ2v) is 4.79. The second-order valence-electron chi connectivity index (χ2n) is 4.79. The number of amides is 2. The molecular formula is C22H34N2O2. The molecule has 0 saturated heterocycles. The molecule has 0 saturated carbocycles. The van der Waals surface area contributed by atoms with Gasteiger partial charge in [0.25, 0.3) is 0 Å². The van der Waals surface area contributed by atoms with Crippen molar-refractivity contribution in [3.63, 3.8) is 0 Å². The quantitative estimate of drug-likeness (QED) is 0.832. The highest BCUT2D eigenvalue weighted by Crippen LogP contribution is 1.97. The van der Waals surface area contributed by atoms with Crippen LogP contribution in [-0.4, -0.2) is 11.8 Å². The molecule has 0 atom stereocenters. The Bertz CT molecular complexity index is 516. The molecule has 2 aromatic carbocycles. The van der Waals surface area contributed by atoms with Gasteiger partial charge in [0.15, 0.2) is 0 Å². The normalized spacial score (nSPS) is 8.23. The van der Waals surface area contributed by atoms with Crippen LogP contribution in [0.5, 0.6) is 0 Å². The summed E-state index contributed by atoms with van der Waals surface area (Å²) in [7, 11) is 0. The lowest BCUT2D eigenvalue weighted by Gasteiger charge is -2.00. The standard InChI is InChI=1S/2C9H11NO.2C2H6/c2*1-8(11)10-7-9-5-3-2-4-6-9;2*1-2/h2*2-6H,7H2,1H3,(H,10,11);2*1-2H3. The first-order chi connectivity index (χ1) is 12.6. The van der Waals surface area contributed by atoms with E-state index in [1.54, 1.807) is 0 Å². The molecule has 0 heterocycles. The van der Waals surface area contributed by atoms with Gasteiger partial charge >= 0.3 is 0 Å². The van der Waals surface area contributed by atoms with E-state index in [1.807, 2.05) is 88.4 Å². The number of carbonyl (C=O) groups is 2. The molecule has 2 N–H and O–H groups in total. The molecule has 4 heteroatoms. The van der Waals surface area contributed by atoms with E-state index in [9.17, 15) is 9.59 Å². The number of benzene rings is 2. The monoisotopic (exact) mass is 358 g/mol. The average Bonchev–Trinajstić information content (AvgIpc) is 2.70. The molecule has 0 aliphatic heterocycles. The highest BCUT2D eigenvalue weighted by Gasteiger charge is 1.91. The van der Waals surface area contributed by atoms with Crippen LogP contribution in [0.4, 0.5) is 0 Å². The van der Waals surface area contributed by atoms with Crippen LogP contribution in [-0.2, 0) is 22.7 Å². The molecule has 0 spiro atoms. The molecule has 144 valence electrons. The molecule has 2 rings (SSSR count). The van der Waals surface area contributed by atoms with Gasteiger partial charge in [-0.15, -0.1) is 0 Å². The summed E-state index contributed by atoms with van der Waals surface area (Å²) >= 11 is 0. The van der Waals surface area contributed by atoms with Crippen LogP contribution in [0.2, 0.25) is 0 Å². The summed E-state index contributed by atoms with van der Waals surface area (Å²) in [4.78, 5) is 21.0. The molecule has 2 aromatic rings. The van der Waals surface area contributed by atoms with Crippen LogP contribution in [0.3, 0.4) is 0 Å². The van der Waals surface area contributed by atoms with Crippen LogP contribution >= 0.6 is 0 Å². The summed E-state index contributed by atoms with van der Waals surface area (Å²) < 4.78 is 0. The fraction of sp³-hybridized carbons (Fsp3) is 0.364. The fourth-order valence-corrected chi connectivity index (χ4v) is 1.64. The zero-order valence-corrected chi connectivity index (χ0v) is 17.0. The van der Waals surface area contributed by atoms with Gasteiger partial charge in [0.05, 0.1) is 0 Å². The Kier molecular flexibility index (Phi) is 18.4. The van der Waals surface area contributed by atoms with E-state index >= 15 is 0 Å². The molecule has 4 nitrogen and oxygen atoms in total. The third-order valence-corrected chi connectivity index (χ3v) is 2.77. The number of carbonyl (C=O) groups excluding carboxylic acids is 2. The van der Waals surface area contributed by atoms with Crippen molar-refractivity contribution in [2.24, 2.45) is 0 Å². The molecule has 0 bridgehead atoms. The summed E-state index contributed by atoms with van der Waals surface area (Å²) in [6.45, 7) is 12.3. The third-order valence-electron chi connectivity index (χ3n) is 2.77. The van der Waals surface area contributed by atoms with Crippen LogP contribution < -0.4 is 10.6 Å². The van der Waals surface area contributed by atoms with Crippen molar-refractivity contribution < 1.29 is 9.59 Å². The maximum atomic E-state index is 10.5. The predicted molar refractivity (Wildman–Crippen MR) is 111 cm³/mol. The van der Waals surface area contributed by atoms with Crippen molar-refractivity contribution in [2.45, 2.75) is 54.6 Å². The summed E-state index contributed by atoms with van der Waals surface area (Å²) in [6, 6.07) is 19.7. The minimum atomic E-state index is 0.00820. The van der Waals surface area contributed by atoms with Crippen LogP contribution in [0, 0.1) is 0 Å². The zero-order valence-electron chi connectivity index (χ0n) is 17.0. The van der Waals surface area contributed by atoms with Gasteiger partial charge in [-0.05, 0) is 11.1 Å². The average molecular weight is 359 g/mol. The molecule has 26 heavy (non-hydrogen) atoms. The van der Waals surface area contributed by atoms with Gasteiger partial charge in [0.1, 0.15) is 0 Å². The van der Waals surface area contributed by atoms with E-state index in [4.69, 9.17) is 0 Å². The van der Waals surface area contributed by atoms with Gasteiger partial charge in [0, 0.05) is 26.9 Å².